The van der Waals surface area contributed by atoms with E-state index in [2.05, 4.69) is 16.0 Å². The highest BCUT2D eigenvalue weighted by molar-refractivity contribution is 5.96. The number of nitrogens with one attached hydrogen (secondary N) is 3. The van der Waals surface area contributed by atoms with Crippen LogP contribution in [0.5, 0.6) is 5.75 Å². The lowest BCUT2D eigenvalue weighted by Gasteiger charge is -2.18. The summed E-state index contributed by atoms with van der Waals surface area (Å²) >= 11 is 0. The predicted octanol–water partition coefficient (Wildman–Crippen LogP) is 3.22. The molecule has 3 amide bonds. The van der Waals surface area contributed by atoms with Crippen LogP contribution in [0, 0.1) is 0 Å². The minimum Gasteiger partial charge on any atom is -0.507 e. The number of hydrogen-bond donors (Lipinski definition) is 4. The molecule has 0 fully saturated rings. The number of methoxy groups -OCH3 is 1. The Kier molecular flexibility index (Phi) is 16.6. The third-order valence-corrected chi connectivity index (χ3v) is 5.12. The number of ether oxygens (including phenoxy) is 3. The Labute approximate surface area is 203 Å². The maximum Gasteiger partial charge on any atom is 0.315 e. The number of carbonyl (C=O) groups excluding carboxylic acids is 2. The molecule has 9 heteroatoms. The van der Waals surface area contributed by atoms with Gasteiger partial charge in [-0.3, -0.25) is 4.79 Å². The van der Waals surface area contributed by atoms with Gasteiger partial charge < -0.3 is 35.3 Å². The molecule has 2 unspecified atom stereocenters. The van der Waals surface area contributed by atoms with Gasteiger partial charge in [-0.25, -0.2) is 4.79 Å². The molecule has 0 saturated heterocycles. The van der Waals surface area contributed by atoms with Crippen molar-refractivity contribution in [3.05, 3.63) is 29.8 Å². The predicted molar refractivity (Wildman–Crippen MR) is 132 cm³/mol. The molecule has 0 aliphatic rings. The summed E-state index contributed by atoms with van der Waals surface area (Å²) in [6.45, 7) is 7.10. The summed E-state index contributed by atoms with van der Waals surface area (Å²) in [6, 6.07) is 6.26. The van der Waals surface area contributed by atoms with Gasteiger partial charge in [0.25, 0.3) is 5.91 Å². The second kappa shape index (κ2) is 19.0. The number of hydrogen-bond acceptors (Lipinski definition) is 6. The van der Waals surface area contributed by atoms with Crippen LogP contribution < -0.4 is 16.0 Å². The van der Waals surface area contributed by atoms with Gasteiger partial charge in [-0.05, 0) is 38.8 Å². The number of urea groups is 1. The third-order valence-electron chi connectivity index (χ3n) is 5.12. The number of carbonyl (C=O) groups is 2. The molecule has 0 radical (unpaired) electrons. The van der Waals surface area contributed by atoms with Crippen LogP contribution in [0.3, 0.4) is 0 Å². The lowest BCUT2D eigenvalue weighted by molar-refractivity contribution is -0.0228. The molecule has 0 aliphatic heterocycles. The Bertz CT molecular complexity index is 688. The Balaban J connectivity index is 1.93. The van der Waals surface area contributed by atoms with Crippen molar-refractivity contribution in [3.8, 4) is 5.75 Å². The van der Waals surface area contributed by atoms with Crippen LogP contribution in [0.1, 0.15) is 62.7 Å². The largest absolute Gasteiger partial charge is 0.507 e. The van der Waals surface area contributed by atoms with Crippen molar-refractivity contribution in [1.82, 2.24) is 16.0 Å². The fourth-order valence-corrected chi connectivity index (χ4v) is 3.19. The SMILES string of the molecule is COCCOCC(C)OCC(C)NC(=O)NCCCCCCCCNC(=O)c1ccccc1O. The monoisotopic (exact) mass is 481 g/mol. The van der Waals surface area contributed by atoms with E-state index in [-0.39, 0.29) is 29.8 Å². The van der Waals surface area contributed by atoms with Crippen molar-refractivity contribution in [3.63, 3.8) is 0 Å². The number of phenolic OH excluding ortho intramolecular Hbond substituents is 1. The minimum atomic E-state index is -0.246. The van der Waals surface area contributed by atoms with Gasteiger partial charge in [-0.2, -0.15) is 0 Å². The number of benzene rings is 1. The number of amides is 3. The Morgan fingerprint density at radius 1 is 0.912 bits per heavy atom. The zero-order valence-corrected chi connectivity index (χ0v) is 20.9. The molecule has 0 saturated carbocycles. The Hall–Kier alpha value is -2.36. The fraction of sp³-hybridized carbons (Fsp3) is 0.680. The number of para-hydroxylation sites is 1. The van der Waals surface area contributed by atoms with E-state index in [1.54, 1.807) is 25.3 Å². The van der Waals surface area contributed by atoms with Crippen LogP contribution in [0.25, 0.3) is 0 Å². The summed E-state index contributed by atoms with van der Waals surface area (Å²) in [5, 5.41) is 18.3. The molecular weight excluding hydrogens is 438 g/mol. The van der Waals surface area contributed by atoms with E-state index in [0.29, 0.717) is 45.1 Å². The minimum absolute atomic E-state index is 0.000742. The van der Waals surface area contributed by atoms with Crippen molar-refractivity contribution in [2.45, 2.75) is 64.5 Å². The first-order valence-corrected chi connectivity index (χ1v) is 12.2. The molecule has 0 bridgehead atoms. The third kappa shape index (κ3) is 14.7. The summed E-state index contributed by atoms with van der Waals surface area (Å²) < 4.78 is 16.0. The maximum absolute atomic E-state index is 12.0. The van der Waals surface area contributed by atoms with Crippen LogP contribution >= 0.6 is 0 Å². The normalized spacial score (nSPS) is 12.7. The van der Waals surface area contributed by atoms with E-state index < -0.39 is 0 Å². The van der Waals surface area contributed by atoms with Crippen molar-refractivity contribution in [1.29, 1.82) is 0 Å². The van der Waals surface area contributed by atoms with Gasteiger partial charge in [0.05, 0.1) is 44.1 Å². The number of phenols is 1. The van der Waals surface area contributed by atoms with Gasteiger partial charge in [0.1, 0.15) is 5.75 Å². The van der Waals surface area contributed by atoms with Gasteiger partial charge in [-0.1, -0.05) is 37.8 Å². The van der Waals surface area contributed by atoms with E-state index in [9.17, 15) is 14.7 Å². The summed E-state index contributed by atoms with van der Waals surface area (Å²) in [4.78, 5) is 24.0. The second-order valence-electron chi connectivity index (χ2n) is 8.41. The molecule has 9 nitrogen and oxygen atoms in total. The summed E-state index contributed by atoms with van der Waals surface area (Å²) in [5.41, 5.74) is 0.304. The molecule has 2 atom stereocenters. The molecule has 0 aromatic heterocycles. The zero-order valence-electron chi connectivity index (χ0n) is 20.9. The smallest absolute Gasteiger partial charge is 0.315 e. The van der Waals surface area contributed by atoms with Crippen LogP contribution in [-0.4, -0.2) is 75.8 Å². The van der Waals surface area contributed by atoms with Gasteiger partial charge in [0, 0.05) is 20.2 Å². The summed E-state index contributed by atoms with van der Waals surface area (Å²) in [6.07, 6.45) is 6.03. The lowest BCUT2D eigenvalue weighted by atomic mass is 10.1. The number of unbranched alkanes of at least 4 members (excludes halogenated alkanes) is 5. The van der Waals surface area contributed by atoms with Crippen LogP contribution in [0.4, 0.5) is 4.79 Å². The topological polar surface area (TPSA) is 118 Å². The molecular formula is C25H43N3O6. The maximum atomic E-state index is 12.0. The molecule has 0 spiro atoms. The average molecular weight is 482 g/mol. The number of rotatable bonds is 19. The molecule has 0 aliphatic carbocycles. The average Bonchev–Trinajstić information content (AvgIpc) is 2.81. The highest BCUT2D eigenvalue weighted by Gasteiger charge is 2.10. The second-order valence-corrected chi connectivity index (χ2v) is 8.41. The van der Waals surface area contributed by atoms with E-state index in [1.807, 2.05) is 13.8 Å². The quantitative estimate of drug-likeness (QED) is 0.225. The van der Waals surface area contributed by atoms with E-state index in [4.69, 9.17) is 14.2 Å². The first-order chi connectivity index (χ1) is 16.4. The Morgan fingerprint density at radius 2 is 1.56 bits per heavy atom. The van der Waals surface area contributed by atoms with Crippen molar-refractivity contribution >= 4 is 11.9 Å². The van der Waals surface area contributed by atoms with Gasteiger partial charge in [0.2, 0.25) is 0 Å². The standard InChI is InChI=1S/C25H43N3O6/c1-20(18-34-21(2)19-33-17-16-32-3)28-25(31)27-15-11-7-5-4-6-10-14-26-24(30)22-12-8-9-13-23(22)29/h8-9,12-13,20-21,29H,4-7,10-11,14-19H2,1-3H3,(H,26,30)(H2,27,28,31). The van der Waals surface area contributed by atoms with Crippen molar-refractivity contribution in [2.75, 3.05) is 46.6 Å². The molecule has 1 rings (SSSR count). The summed E-state index contributed by atoms with van der Waals surface area (Å²) in [5.74, 6) is -0.246. The zero-order chi connectivity index (χ0) is 25.0. The van der Waals surface area contributed by atoms with Crippen LogP contribution in [0.15, 0.2) is 24.3 Å². The van der Waals surface area contributed by atoms with Crippen molar-refractivity contribution in [2.24, 2.45) is 0 Å². The fourth-order valence-electron chi connectivity index (χ4n) is 3.19. The molecule has 34 heavy (non-hydrogen) atoms. The van der Waals surface area contributed by atoms with E-state index >= 15 is 0 Å². The van der Waals surface area contributed by atoms with E-state index in [0.717, 1.165) is 38.5 Å². The van der Waals surface area contributed by atoms with E-state index in [1.165, 1.54) is 6.07 Å². The van der Waals surface area contributed by atoms with Gasteiger partial charge in [-0.15, -0.1) is 0 Å². The first-order valence-electron chi connectivity index (χ1n) is 12.2. The molecule has 194 valence electrons. The van der Waals surface area contributed by atoms with Gasteiger partial charge in [0.15, 0.2) is 0 Å². The van der Waals surface area contributed by atoms with Crippen LogP contribution in [-0.2, 0) is 14.2 Å². The molecule has 4 N–H and O–H groups in total. The first kappa shape index (κ1) is 29.7. The van der Waals surface area contributed by atoms with Crippen LogP contribution in [0.2, 0.25) is 0 Å². The molecule has 1 aromatic rings. The Morgan fingerprint density at radius 3 is 2.24 bits per heavy atom. The highest BCUT2D eigenvalue weighted by atomic mass is 16.5. The highest BCUT2D eigenvalue weighted by Crippen LogP contribution is 2.15. The molecule has 0 heterocycles. The lowest BCUT2D eigenvalue weighted by Crippen LogP contribution is -2.43. The summed E-state index contributed by atoms with van der Waals surface area (Å²) in [7, 11) is 1.63. The number of aromatic hydroxyl groups is 1. The molecule has 1 aromatic carbocycles. The van der Waals surface area contributed by atoms with Crippen molar-refractivity contribution < 1.29 is 28.9 Å². The van der Waals surface area contributed by atoms with Gasteiger partial charge >= 0.3 is 6.03 Å².